The molecule has 3 heteroatoms. The van der Waals surface area contributed by atoms with Gasteiger partial charge in [-0.15, -0.1) is 0 Å². The van der Waals surface area contributed by atoms with Gasteiger partial charge in [0.15, 0.2) is 0 Å². The monoisotopic (exact) mass is 845 g/mol. The Morgan fingerprint density at radius 3 is 1.59 bits per heavy atom. The van der Waals surface area contributed by atoms with Gasteiger partial charge < -0.3 is 13.7 Å². The zero-order valence-corrected chi connectivity index (χ0v) is 36.6. The molecule has 1 aliphatic rings. The average Bonchev–Trinajstić information content (AvgIpc) is 4.02. The fourth-order valence-electron chi connectivity index (χ4n) is 10.5. The van der Waals surface area contributed by atoms with Gasteiger partial charge in [0.2, 0.25) is 0 Å². The SMILES string of the molecule is CC1(C)c2ccccc2-c2cc(-c3cccc(-c4cccc(N(c5ccc(-c6ccc7c(c6)oc6ccccc67)cc5)c5ccc(-c6cccc7c6oc6ccccc67)cc5)c4)c3)ccc21. The van der Waals surface area contributed by atoms with E-state index in [0.717, 1.165) is 88.8 Å². The summed E-state index contributed by atoms with van der Waals surface area (Å²) in [6, 6.07) is 80.9. The highest BCUT2D eigenvalue weighted by Gasteiger charge is 2.35. The van der Waals surface area contributed by atoms with Gasteiger partial charge in [0.05, 0.1) is 0 Å². The van der Waals surface area contributed by atoms with E-state index in [1.165, 1.54) is 38.9 Å². The molecule has 3 nitrogen and oxygen atoms in total. The highest BCUT2D eigenvalue weighted by molar-refractivity contribution is 6.10. The predicted molar refractivity (Wildman–Crippen MR) is 275 cm³/mol. The molecule has 0 radical (unpaired) electrons. The summed E-state index contributed by atoms with van der Waals surface area (Å²) < 4.78 is 12.7. The van der Waals surface area contributed by atoms with Gasteiger partial charge in [0, 0.05) is 49.6 Å². The van der Waals surface area contributed by atoms with Gasteiger partial charge >= 0.3 is 0 Å². The molecule has 10 aromatic carbocycles. The Labute approximate surface area is 383 Å². The standard InChI is InChI=1S/C63H43NO2/c1-63(2)57-21-6-3-16-51(57)56-38-45(29-35-58(56)63)43-13-9-12-42(36-43)44-14-10-15-49(37-44)64(47-30-24-40(25-31-47)46-28-34-54-52-17-4-7-22-59(52)65-61(54)39-46)48-32-26-41(27-33-48)50-19-11-20-55-53-18-5-8-23-60(53)66-62(50)55/h3-39H,1-2H3. The van der Waals surface area contributed by atoms with E-state index in [1.54, 1.807) is 0 Å². The van der Waals surface area contributed by atoms with Crippen LogP contribution in [0, 0.1) is 0 Å². The lowest BCUT2D eigenvalue weighted by atomic mass is 9.82. The molecule has 0 unspecified atom stereocenters. The number of hydrogen-bond acceptors (Lipinski definition) is 3. The predicted octanol–water partition coefficient (Wildman–Crippen LogP) is 17.9. The van der Waals surface area contributed by atoms with Gasteiger partial charge in [-0.05, 0) is 134 Å². The second-order valence-electron chi connectivity index (χ2n) is 18.1. The molecular weight excluding hydrogens is 803 g/mol. The van der Waals surface area contributed by atoms with Crippen LogP contribution in [0.5, 0.6) is 0 Å². The van der Waals surface area contributed by atoms with E-state index < -0.39 is 0 Å². The zero-order valence-electron chi connectivity index (χ0n) is 36.6. The second kappa shape index (κ2) is 14.8. The Morgan fingerprint density at radius 2 is 0.818 bits per heavy atom. The zero-order chi connectivity index (χ0) is 43.9. The van der Waals surface area contributed by atoms with Crippen molar-refractivity contribution in [1.29, 1.82) is 0 Å². The molecular formula is C63H43NO2. The van der Waals surface area contributed by atoms with Crippen molar-refractivity contribution < 1.29 is 8.83 Å². The summed E-state index contributed by atoms with van der Waals surface area (Å²) in [5, 5.41) is 4.52. The van der Waals surface area contributed by atoms with E-state index in [1.807, 2.05) is 24.3 Å². The number of anilines is 3. The van der Waals surface area contributed by atoms with E-state index in [0.29, 0.717) is 0 Å². The maximum Gasteiger partial charge on any atom is 0.143 e. The Morgan fingerprint density at radius 1 is 0.303 bits per heavy atom. The molecule has 0 saturated heterocycles. The number of fused-ring (bicyclic) bond motifs is 9. The Kier molecular flexibility index (Phi) is 8.56. The Balaban J connectivity index is 0.885. The molecule has 66 heavy (non-hydrogen) atoms. The molecule has 0 N–H and O–H groups in total. The van der Waals surface area contributed by atoms with Crippen LogP contribution in [-0.4, -0.2) is 0 Å². The highest BCUT2D eigenvalue weighted by Crippen LogP contribution is 2.50. The third-order valence-electron chi connectivity index (χ3n) is 13.9. The van der Waals surface area contributed by atoms with Crippen LogP contribution in [0.15, 0.2) is 233 Å². The van der Waals surface area contributed by atoms with Crippen LogP contribution in [0.2, 0.25) is 0 Å². The minimum atomic E-state index is -0.0222. The van der Waals surface area contributed by atoms with E-state index in [-0.39, 0.29) is 5.41 Å². The van der Waals surface area contributed by atoms with E-state index in [9.17, 15) is 0 Å². The minimum Gasteiger partial charge on any atom is -0.456 e. The summed E-state index contributed by atoms with van der Waals surface area (Å²) in [6.07, 6.45) is 0. The molecule has 0 bridgehead atoms. The highest BCUT2D eigenvalue weighted by atomic mass is 16.3. The van der Waals surface area contributed by atoms with Crippen LogP contribution in [0.4, 0.5) is 17.1 Å². The fraction of sp³-hybridized carbons (Fsp3) is 0.0476. The van der Waals surface area contributed by atoms with Crippen LogP contribution >= 0.6 is 0 Å². The van der Waals surface area contributed by atoms with Crippen LogP contribution < -0.4 is 4.90 Å². The van der Waals surface area contributed by atoms with E-state index in [2.05, 4.69) is 219 Å². The first kappa shape index (κ1) is 38.1. The molecule has 2 heterocycles. The van der Waals surface area contributed by atoms with Crippen LogP contribution in [0.25, 0.3) is 99.5 Å². The van der Waals surface area contributed by atoms with E-state index >= 15 is 0 Å². The second-order valence-corrected chi connectivity index (χ2v) is 18.1. The molecule has 12 aromatic rings. The van der Waals surface area contributed by atoms with Crippen LogP contribution in [0.1, 0.15) is 25.0 Å². The van der Waals surface area contributed by atoms with Crippen molar-refractivity contribution in [2.45, 2.75) is 19.3 Å². The lowest BCUT2D eigenvalue weighted by Crippen LogP contribution is -2.14. The largest absolute Gasteiger partial charge is 0.456 e. The molecule has 1 aliphatic carbocycles. The van der Waals surface area contributed by atoms with Gasteiger partial charge in [0.1, 0.15) is 22.3 Å². The first-order valence-electron chi connectivity index (χ1n) is 22.7. The number of benzene rings is 10. The minimum absolute atomic E-state index is 0.0222. The molecule has 312 valence electrons. The molecule has 0 spiro atoms. The fourth-order valence-corrected chi connectivity index (χ4v) is 10.5. The lowest BCUT2D eigenvalue weighted by Gasteiger charge is -2.26. The number of rotatable bonds is 7. The molecule has 0 aliphatic heterocycles. The maximum atomic E-state index is 6.46. The molecule has 0 amide bonds. The summed E-state index contributed by atoms with van der Waals surface area (Å²) in [6.45, 7) is 4.67. The lowest BCUT2D eigenvalue weighted by molar-refractivity contribution is 0.660. The van der Waals surface area contributed by atoms with Crippen molar-refractivity contribution in [3.05, 3.63) is 236 Å². The average molecular weight is 846 g/mol. The van der Waals surface area contributed by atoms with Crippen molar-refractivity contribution in [3.63, 3.8) is 0 Å². The Bertz CT molecular complexity index is 3850. The third-order valence-corrected chi connectivity index (χ3v) is 13.9. The number of furan rings is 2. The first-order chi connectivity index (χ1) is 32.4. The van der Waals surface area contributed by atoms with Crippen molar-refractivity contribution >= 4 is 60.9 Å². The van der Waals surface area contributed by atoms with E-state index in [4.69, 9.17) is 8.83 Å². The van der Waals surface area contributed by atoms with Gasteiger partial charge in [0.25, 0.3) is 0 Å². The first-order valence-corrected chi connectivity index (χ1v) is 22.7. The van der Waals surface area contributed by atoms with Crippen molar-refractivity contribution in [2.75, 3.05) is 4.90 Å². The van der Waals surface area contributed by atoms with Gasteiger partial charge in [-0.2, -0.15) is 0 Å². The van der Waals surface area contributed by atoms with Crippen molar-refractivity contribution in [1.82, 2.24) is 0 Å². The normalized spacial score (nSPS) is 12.8. The summed E-state index contributed by atoms with van der Waals surface area (Å²) >= 11 is 0. The summed E-state index contributed by atoms with van der Waals surface area (Å²) in [5.41, 5.74) is 21.4. The molecule has 13 rings (SSSR count). The van der Waals surface area contributed by atoms with Crippen molar-refractivity contribution in [2.24, 2.45) is 0 Å². The molecule has 0 atom stereocenters. The van der Waals surface area contributed by atoms with Crippen LogP contribution in [-0.2, 0) is 5.41 Å². The van der Waals surface area contributed by atoms with Crippen molar-refractivity contribution in [3.8, 4) is 55.6 Å². The smallest absolute Gasteiger partial charge is 0.143 e. The molecule has 2 aromatic heterocycles. The van der Waals surface area contributed by atoms with Gasteiger partial charge in [-0.3, -0.25) is 0 Å². The Hall–Kier alpha value is -8.40. The number of hydrogen-bond donors (Lipinski definition) is 0. The van der Waals surface area contributed by atoms with Crippen LogP contribution in [0.3, 0.4) is 0 Å². The topological polar surface area (TPSA) is 29.5 Å². The quantitative estimate of drug-likeness (QED) is 0.160. The van der Waals surface area contributed by atoms with Gasteiger partial charge in [-0.1, -0.05) is 166 Å². The molecule has 0 saturated carbocycles. The number of para-hydroxylation sites is 3. The summed E-state index contributed by atoms with van der Waals surface area (Å²) in [7, 11) is 0. The maximum absolute atomic E-state index is 6.46. The third kappa shape index (κ3) is 6.12. The summed E-state index contributed by atoms with van der Waals surface area (Å²) in [4.78, 5) is 2.35. The summed E-state index contributed by atoms with van der Waals surface area (Å²) in [5.74, 6) is 0. The molecule has 0 fully saturated rings. The number of nitrogens with zero attached hydrogens (tertiary/aromatic N) is 1. The van der Waals surface area contributed by atoms with Gasteiger partial charge in [-0.25, -0.2) is 0 Å².